The Morgan fingerprint density at radius 2 is 1.46 bits per heavy atom. The smallest absolute Gasteiger partial charge is 0.206 e. The largest absolute Gasteiger partial charge is 0.503 e. The molecule has 1 rings (SSSR count). The van der Waals surface area contributed by atoms with E-state index in [0.717, 1.165) is 0 Å². The average molecular weight is 225 g/mol. The van der Waals surface area contributed by atoms with E-state index in [-0.39, 0.29) is 15.8 Å². The van der Waals surface area contributed by atoms with Crippen LogP contribution in [0.5, 0.6) is 23.0 Å². The maximum absolute atomic E-state index is 9.21. The van der Waals surface area contributed by atoms with Crippen LogP contribution < -0.4 is 4.74 Å². The van der Waals surface area contributed by atoms with Crippen molar-refractivity contribution in [2.45, 2.75) is 0 Å². The second-order valence-electron chi connectivity index (χ2n) is 2.21. The Bertz CT molecular complexity index is 322. The summed E-state index contributed by atoms with van der Waals surface area (Å²) < 4.78 is 4.65. The van der Waals surface area contributed by atoms with Crippen molar-refractivity contribution < 1.29 is 20.1 Å². The molecule has 0 aliphatic heterocycles. The minimum atomic E-state index is -0.758. The van der Waals surface area contributed by atoms with E-state index in [1.54, 1.807) is 0 Å². The van der Waals surface area contributed by atoms with Gasteiger partial charge in [-0.3, -0.25) is 0 Å². The van der Waals surface area contributed by atoms with Gasteiger partial charge in [-0.1, -0.05) is 23.2 Å². The van der Waals surface area contributed by atoms with Gasteiger partial charge in [0.2, 0.25) is 11.5 Å². The molecule has 0 unspecified atom stereocenters. The number of halogens is 2. The molecule has 4 nitrogen and oxygen atoms in total. The number of hydrogen-bond donors (Lipinski definition) is 3. The van der Waals surface area contributed by atoms with Crippen molar-refractivity contribution in [1.82, 2.24) is 0 Å². The van der Waals surface area contributed by atoms with Gasteiger partial charge in [0.05, 0.1) is 7.11 Å². The van der Waals surface area contributed by atoms with E-state index in [4.69, 9.17) is 33.4 Å². The molecule has 0 aromatic heterocycles. The number of ether oxygens (including phenoxy) is 1. The lowest BCUT2D eigenvalue weighted by Gasteiger charge is -2.10. The van der Waals surface area contributed by atoms with Crippen molar-refractivity contribution >= 4 is 23.2 Å². The molecule has 0 atom stereocenters. The fraction of sp³-hybridized carbons (Fsp3) is 0.143. The van der Waals surface area contributed by atoms with Gasteiger partial charge in [-0.05, 0) is 0 Å². The highest BCUT2D eigenvalue weighted by atomic mass is 35.5. The number of benzene rings is 1. The van der Waals surface area contributed by atoms with Crippen molar-refractivity contribution in [3.05, 3.63) is 10.0 Å². The fourth-order valence-electron chi connectivity index (χ4n) is 0.818. The van der Waals surface area contributed by atoms with Crippen LogP contribution in [-0.2, 0) is 0 Å². The van der Waals surface area contributed by atoms with Crippen LogP contribution in [0.2, 0.25) is 10.0 Å². The molecule has 0 amide bonds. The highest BCUT2D eigenvalue weighted by molar-refractivity contribution is 6.44. The minimum absolute atomic E-state index is 0.156. The maximum atomic E-state index is 9.21. The highest BCUT2D eigenvalue weighted by Crippen LogP contribution is 2.51. The van der Waals surface area contributed by atoms with Gasteiger partial charge in [0, 0.05) is 0 Å². The lowest BCUT2D eigenvalue weighted by molar-refractivity contribution is 0.336. The zero-order valence-corrected chi connectivity index (χ0v) is 8.02. The summed E-state index contributed by atoms with van der Waals surface area (Å²) in [5.74, 6) is -2.26. The quantitative estimate of drug-likeness (QED) is 0.640. The highest BCUT2D eigenvalue weighted by Gasteiger charge is 2.21. The SMILES string of the molecule is COc1c(O)c(O)c(O)c(Cl)c1Cl. The summed E-state index contributed by atoms with van der Waals surface area (Å²) in [5.41, 5.74) is 0. The summed E-state index contributed by atoms with van der Waals surface area (Å²) in [6, 6.07) is 0. The van der Waals surface area contributed by atoms with E-state index in [2.05, 4.69) is 4.74 Å². The van der Waals surface area contributed by atoms with Crippen LogP contribution in [0.1, 0.15) is 0 Å². The Morgan fingerprint density at radius 3 is 1.92 bits per heavy atom. The van der Waals surface area contributed by atoms with Gasteiger partial charge < -0.3 is 20.1 Å². The van der Waals surface area contributed by atoms with Gasteiger partial charge in [0.15, 0.2) is 11.5 Å². The first-order chi connectivity index (χ1) is 6.00. The zero-order valence-electron chi connectivity index (χ0n) is 6.51. The van der Waals surface area contributed by atoms with Crippen LogP contribution >= 0.6 is 23.2 Å². The third-order valence-electron chi connectivity index (χ3n) is 1.47. The first-order valence-corrected chi connectivity index (χ1v) is 3.92. The third-order valence-corrected chi connectivity index (χ3v) is 2.29. The molecule has 0 aliphatic rings. The molecule has 1 aromatic carbocycles. The summed E-state index contributed by atoms with van der Waals surface area (Å²) in [6.07, 6.45) is 0. The Labute approximate surface area is 83.9 Å². The Morgan fingerprint density at radius 1 is 0.923 bits per heavy atom. The lowest BCUT2D eigenvalue weighted by atomic mass is 10.2. The van der Waals surface area contributed by atoms with Crippen molar-refractivity contribution in [2.75, 3.05) is 7.11 Å². The van der Waals surface area contributed by atoms with Crippen molar-refractivity contribution in [2.24, 2.45) is 0 Å². The molecule has 0 radical (unpaired) electrons. The third kappa shape index (κ3) is 1.43. The van der Waals surface area contributed by atoms with E-state index in [0.29, 0.717) is 0 Å². The fourth-order valence-corrected chi connectivity index (χ4v) is 1.25. The van der Waals surface area contributed by atoms with Crippen molar-refractivity contribution in [3.8, 4) is 23.0 Å². The van der Waals surface area contributed by atoms with Gasteiger partial charge in [-0.15, -0.1) is 0 Å². The zero-order chi connectivity index (χ0) is 10.2. The molecular weight excluding hydrogens is 219 g/mol. The monoisotopic (exact) mass is 224 g/mol. The van der Waals surface area contributed by atoms with Crippen LogP contribution in [0.3, 0.4) is 0 Å². The first kappa shape index (κ1) is 10.1. The maximum Gasteiger partial charge on any atom is 0.206 e. The van der Waals surface area contributed by atoms with Gasteiger partial charge in [-0.25, -0.2) is 0 Å². The van der Waals surface area contributed by atoms with Crippen LogP contribution in [0, 0.1) is 0 Å². The van der Waals surface area contributed by atoms with E-state index < -0.39 is 17.2 Å². The molecule has 0 saturated heterocycles. The second-order valence-corrected chi connectivity index (χ2v) is 2.96. The summed E-state index contributed by atoms with van der Waals surface area (Å²) >= 11 is 11.1. The molecule has 72 valence electrons. The Balaban J connectivity index is 3.56. The first-order valence-electron chi connectivity index (χ1n) is 3.16. The summed E-state index contributed by atoms with van der Waals surface area (Å²) in [6.45, 7) is 0. The molecule has 6 heteroatoms. The molecule has 0 fully saturated rings. The number of aromatic hydroxyl groups is 3. The van der Waals surface area contributed by atoms with Gasteiger partial charge in [0.1, 0.15) is 10.0 Å². The second kappa shape index (κ2) is 3.40. The molecule has 0 heterocycles. The van der Waals surface area contributed by atoms with Gasteiger partial charge in [0.25, 0.3) is 0 Å². The topological polar surface area (TPSA) is 69.9 Å². The molecule has 0 spiro atoms. The van der Waals surface area contributed by atoms with Crippen LogP contribution in [0.25, 0.3) is 0 Å². The average Bonchev–Trinajstić information content (AvgIpc) is 2.13. The van der Waals surface area contributed by atoms with Crippen LogP contribution in [0.4, 0.5) is 0 Å². The predicted octanol–water partition coefficient (Wildman–Crippen LogP) is 2.12. The predicted molar refractivity (Wildman–Crippen MR) is 48.0 cm³/mol. The summed E-state index contributed by atoms with van der Waals surface area (Å²) in [5, 5.41) is 27.0. The standard InChI is InChI=1S/C7H6Cl2O4/c1-13-7-3(9)2(8)4(10)5(11)6(7)12/h10-12H,1H3. The molecule has 13 heavy (non-hydrogen) atoms. The summed E-state index contributed by atoms with van der Waals surface area (Å²) in [7, 11) is 1.24. The van der Waals surface area contributed by atoms with E-state index in [1.165, 1.54) is 7.11 Å². The normalized spacial score (nSPS) is 10.1. The van der Waals surface area contributed by atoms with Crippen LogP contribution in [0.15, 0.2) is 0 Å². The van der Waals surface area contributed by atoms with Crippen molar-refractivity contribution in [3.63, 3.8) is 0 Å². The molecule has 3 N–H and O–H groups in total. The van der Waals surface area contributed by atoms with E-state index in [9.17, 15) is 5.11 Å². The molecular formula is C7H6Cl2O4. The number of rotatable bonds is 1. The minimum Gasteiger partial charge on any atom is -0.503 e. The molecule has 0 bridgehead atoms. The van der Waals surface area contributed by atoms with E-state index in [1.807, 2.05) is 0 Å². The Hall–Kier alpha value is -1.00. The number of phenolic OH excluding ortho intramolecular Hbond substituents is 3. The Kier molecular flexibility index (Phi) is 2.63. The number of methoxy groups -OCH3 is 1. The molecule has 0 saturated carbocycles. The summed E-state index contributed by atoms with van der Waals surface area (Å²) in [4.78, 5) is 0. The van der Waals surface area contributed by atoms with E-state index >= 15 is 0 Å². The van der Waals surface area contributed by atoms with Crippen molar-refractivity contribution in [1.29, 1.82) is 0 Å². The van der Waals surface area contributed by atoms with Gasteiger partial charge in [-0.2, -0.15) is 0 Å². The number of hydrogen-bond acceptors (Lipinski definition) is 4. The molecule has 0 aliphatic carbocycles. The number of phenols is 3. The van der Waals surface area contributed by atoms with Gasteiger partial charge >= 0.3 is 0 Å². The lowest BCUT2D eigenvalue weighted by Crippen LogP contribution is -1.87. The van der Waals surface area contributed by atoms with Crippen LogP contribution in [-0.4, -0.2) is 22.4 Å². The molecule has 1 aromatic rings.